The Morgan fingerprint density at radius 3 is 2.90 bits per heavy atom. The van der Waals surface area contributed by atoms with Crippen molar-refractivity contribution in [2.45, 2.75) is 13.0 Å². The van der Waals surface area contributed by atoms with E-state index in [9.17, 15) is 0 Å². The molecule has 3 rings (SSSR count). The average molecular weight is 284 g/mol. The van der Waals surface area contributed by atoms with Gasteiger partial charge in [0.2, 0.25) is 5.95 Å². The molecule has 21 heavy (non-hydrogen) atoms. The van der Waals surface area contributed by atoms with E-state index in [1.807, 2.05) is 31.2 Å². The highest BCUT2D eigenvalue weighted by Crippen LogP contribution is 2.26. The van der Waals surface area contributed by atoms with Gasteiger partial charge in [0.05, 0.1) is 17.8 Å². The lowest BCUT2D eigenvalue weighted by atomic mass is 10.1. The van der Waals surface area contributed by atoms with Gasteiger partial charge < -0.3 is 16.2 Å². The normalized spacial score (nSPS) is 12.5. The van der Waals surface area contributed by atoms with Crippen LogP contribution in [0.15, 0.2) is 30.5 Å². The SMILES string of the molecule is C[C@@H](CO)Nc1nc(N)nc2cc(-c3ccn[nH]3)ccc12. The maximum absolute atomic E-state index is 9.16. The Kier molecular flexibility index (Phi) is 3.41. The van der Waals surface area contributed by atoms with Crippen LogP contribution in [0.5, 0.6) is 0 Å². The van der Waals surface area contributed by atoms with Gasteiger partial charge in [-0.05, 0) is 25.1 Å². The van der Waals surface area contributed by atoms with Crippen molar-refractivity contribution in [1.82, 2.24) is 20.2 Å². The van der Waals surface area contributed by atoms with Crippen LogP contribution in [0, 0.1) is 0 Å². The highest BCUT2D eigenvalue weighted by molar-refractivity contribution is 5.92. The molecule has 0 radical (unpaired) electrons. The van der Waals surface area contributed by atoms with Crippen molar-refractivity contribution in [3.05, 3.63) is 30.5 Å². The first-order valence-corrected chi connectivity index (χ1v) is 6.62. The van der Waals surface area contributed by atoms with Crippen LogP contribution in [0.1, 0.15) is 6.92 Å². The van der Waals surface area contributed by atoms with Gasteiger partial charge in [-0.1, -0.05) is 6.07 Å². The molecule has 0 bridgehead atoms. The van der Waals surface area contributed by atoms with Crippen LogP contribution in [0.2, 0.25) is 0 Å². The number of fused-ring (bicyclic) bond motifs is 1. The third-order valence-electron chi connectivity index (χ3n) is 3.18. The lowest BCUT2D eigenvalue weighted by Crippen LogP contribution is -2.20. The van der Waals surface area contributed by atoms with Crippen molar-refractivity contribution < 1.29 is 5.11 Å². The minimum Gasteiger partial charge on any atom is -0.394 e. The molecule has 0 saturated heterocycles. The van der Waals surface area contributed by atoms with Crippen molar-refractivity contribution in [3.8, 4) is 11.3 Å². The summed E-state index contributed by atoms with van der Waals surface area (Å²) in [5.41, 5.74) is 8.39. The van der Waals surface area contributed by atoms with Crippen molar-refractivity contribution in [2.75, 3.05) is 17.7 Å². The maximum atomic E-state index is 9.16. The fourth-order valence-electron chi connectivity index (χ4n) is 2.12. The number of aliphatic hydroxyl groups excluding tert-OH is 1. The molecule has 0 amide bonds. The van der Waals surface area contributed by atoms with Crippen LogP contribution in [-0.4, -0.2) is 37.9 Å². The highest BCUT2D eigenvalue weighted by atomic mass is 16.3. The zero-order valence-corrected chi connectivity index (χ0v) is 11.5. The molecular weight excluding hydrogens is 268 g/mol. The molecule has 2 heterocycles. The molecule has 0 fully saturated rings. The topological polar surface area (TPSA) is 113 Å². The summed E-state index contributed by atoms with van der Waals surface area (Å²) in [5, 5.41) is 20.0. The molecule has 0 saturated carbocycles. The third kappa shape index (κ3) is 2.63. The molecule has 0 aliphatic rings. The number of hydrogen-bond donors (Lipinski definition) is 4. The van der Waals surface area contributed by atoms with E-state index in [2.05, 4.69) is 25.5 Å². The zero-order chi connectivity index (χ0) is 14.8. The van der Waals surface area contributed by atoms with Gasteiger partial charge in [0.25, 0.3) is 0 Å². The Balaban J connectivity index is 2.10. The van der Waals surface area contributed by atoms with Gasteiger partial charge in [0.15, 0.2) is 0 Å². The predicted octanol–water partition coefficient (Wildman–Crippen LogP) is 1.39. The molecule has 3 aromatic rings. The first-order chi connectivity index (χ1) is 10.2. The van der Waals surface area contributed by atoms with Gasteiger partial charge in [-0.3, -0.25) is 5.10 Å². The quantitative estimate of drug-likeness (QED) is 0.576. The largest absolute Gasteiger partial charge is 0.394 e. The number of aromatic amines is 1. The van der Waals surface area contributed by atoms with E-state index in [1.54, 1.807) is 6.20 Å². The second-order valence-electron chi connectivity index (χ2n) is 4.86. The molecule has 1 atom stereocenters. The summed E-state index contributed by atoms with van der Waals surface area (Å²) >= 11 is 0. The van der Waals surface area contributed by atoms with Gasteiger partial charge in [-0.15, -0.1) is 0 Å². The van der Waals surface area contributed by atoms with Crippen LogP contribution in [-0.2, 0) is 0 Å². The average Bonchev–Trinajstić information content (AvgIpc) is 3.00. The first kappa shape index (κ1) is 13.3. The van der Waals surface area contributed by atoms with Gasteiger partial charge in [0.1, 0.15) is 5.82 Å². The number of nitrogens with one attached hydrogen (secondary N) is 2. The second kappa shape index (κ2) is 5.37. The lowest BCUT2D eigenvalue weighted by molar-refractivity contribution is 0.281. The second-order valence-corrected chi connectivity index (χ2v) is 4.86. The monoisotopic (exact) mass is 284 g/mol. The van der Waals surface area contributed by atoms with Crippen LogP contribution in [0.25, 0.3) is 22.2 Å². The van der Waals surface area contributed by atoms with Crippen LogP contribution >= 0.6 is 0 Å². The lowest BCUT2D eigenvalue weighted by Gasteiger charge is -2.14. The van der Waals surface area contributed by atoms with Crippen molar-refractivity contribution in [1.29, 1.82) is 0 Å². The van der Waals surface area contributed by atoms with Crippen LogP contribution in [0.3, 0.4) is 0 Å². The molecule has 7 nitrogen and oxygen atoms in total. The minimum atomic E-state index is -0.116. The molecular formula is C14H16N6O. The number of benzene rings is 1. The van der Waals surface area contributed by atoms with Crippen molar-refractivity contribution >= 4 is 22.7 Å². The summed E-state index contributed by atoms with van der Waals surface area (Å²) in [6.07, 6.45) is 1.70. The Morgan fingerprint density at radius 1 is 1.33 bits per heavy atom. The number of hydrogen-bond acceptors (Lipinski definition) is 6. The third-order valence-corrected chi connectivity index (χ3v) is 3.18. The molecule has 2 aromatic heterocycles. The van der Waals surface area contributed by atoms with Gasteiger partial charge in [-0.2, -0.15) is 10.1 Å². The Bertz CT molecular complexity index is 756. The number of nitrogens with two attached hydrogens (primary N) is 1. The number of rotatable bonds is 4. The zero-order valence-electron chi connectivity index (χ0n) is 11.5. The first-order valence-electron chi connectivity index (χ1n) is 6.62. The van der Waals surface area contributed by atoms with E-state index in [0.29, 0.717) is 5.82 Å². The van der Waals surface area contributed by atoms with E-state index in [1.165, 1.54) is 0 Å². The summed E-state index contributed by atoms with van der Waals surface area (Å²) in [6.45, 7) is 1.88. The summed E-state index contributed by atoms with van der Waals surface area (Å²) < 4.78 is 0. The van der Waals surface area contributed by atoms with Gasteiger partial charge >= 0.3 is 0 Å². The van der Waals surface area contributed by atoms with Crippen LogP contribution < -0.4 is 11.1 Å². The van der Waals surface area contributed by atoms with Crippen molar-refractivity contribution in [2.24, 2.45) is 0 Å². The molecule has 7 heteroatoms. The van der Waals surface area contributed by atoms with E-state index >= 15 is 0 Å². The minimum absolute atomic E-state index is 0.0115. The van der Waals surface area contributed by atoms with E-state index in [-0.39, 0.29) is 18.6 Å². The molecule has 1 aromatic carbocycles. The number of nitrogen functional groups attached to an aromatic ring is 1. The number of nitrogens with zero attached hydrogens (tertiary/aromatic N) is 3. The standard InChI is InChI=1S/C14H16N6O/c1-8(7-21)17-13-10-3-2-9(11-4-5-16-20-11)6-12(10)18-14(15)19-13/h2-6,8,21H,7H2,1H3,(H,16,20)(H3,15,17,18,19)/t8-/m0/s1. The summed E-state index contributed by atoms with van der Waals surface area (Å²) in [5.74, 6) is 0.812. The summed E-state index contributed by atoms with van der Waals surface area (Å²) in [6, 6.07) is 7.59. The summed E-state index contributed by atoms with van der Waals surface area (Å²) in [7, 11) is 0. The maximum Gasteiger partial charge on any atom is 0.222 e. The molecule has 108 valence electrons. The fraction of sp³-hybridized carbons (Fsp3) is 0.214. The highest BCUT2D eigenvalue weighted by Gasteiger charge is 2.10. The van der Waals surface area contributed by atoms with Gasteiger partial charge in [0, 0.05) is 23.2 Å². The number of aliphatic hydroxyl groups is 1. The van der Waals surface area contributed by atoms with E-state index in [4.69, 9.17) is 10.8 Å². The summed E-state index contributed by atoms with van der Waals surface area (Å²) in [4.78, 5) is 8.48. The number of aromatic nitrogens is 4. The fourth-order valence-corrected chi connectivity index (χ4v) is 2.12. The number of anilines is 2. The smallest absolute Gasteiger partial charge is 0.222 e. The van der Waals surface area contributed by atoms with Gasteiger partial charge in [-0.25, -0.2) is 4.98 Å². The predicted molar refractivity (Wildman–Crippen MR) is 81.7 cm³/mol. The molecule has 0 unspecified atom stereocenters. The molecule has 0 aliphatic carbocycles. The Hall–Kier alpha value is -2.67. The van der Waals surface area contributed by atoms with Crippen LogP contribution in [0.4, 0.5) is 11.8 Å². The number of H-pyrrole nitrogens is 1. The Labute approximate surface area is 121 Å². The Morgan fingerprint density at radius 2 is 2.19 bits per heavy atom. The molecule has 0 aliphatic heterocycles. The molecule has 0 spiro atoms. The van der Waals surface area contributed by atoms with Crippen molar-refractivity contribution in [3.63, 3.8) is 0 Å². The molecule has 5 N–H and O–H groups in total. The van der Waals surface area contributed by atoms with E-state index < -0.39 is 0 Å². The van der Waals surface area contributed by atoms with E-state index in [0.717, 1.165) is 22.2 Å².